The fraction of sp³-hybridized carbons (Fsp3) is 0.154. The van der Waals surface area contributed by atoms with Gasteiger partial charge in [-0.05, 0) is 30.7 Å². The SMILES string of the molecule is Cc1cc(CCl)cnc1Oc1ccc(Cl)c(F)c1. The number of aryl methyl sites for hydroxylation is 1. The Kier molecular flexibility index (Phi) is 4.04. The van der Waals surface area contributed by atoms with E-state index in [9.17, 15) is 4.39 Å². The van der Waals surface area contributed by atoms with E-state index < -0.39 is 5.82 Å². The molecule has 2 nitrogen and oxygen atoms in total. The zero-order valence-corrected chi connectivity index (χ0v) is 11.1. The van der Waals surface area contributed by atoms with Crippen LogP contribution >= 0.6 is 23.2 Å². The Labute approximate surface area is 114 Å². The van der Waals surface area contributed by atoms with Crippen molar-refractivity contribution in [2.24, 2.45) is 0 Å². The first-order valence-electron chi connectivity index (χ1n) is 5.24. The molecule has 0 unspecified atom stereocenters. The average Bonchev–Trinajstić information content (AvgIpc) is 2.36. The average molecular weight is 286 g/mol. The largest absolute Gasteiger partial charge is 0.439 e. The van der Waals surface area contributed by atoms with E-state index >= 15 is 0 Å². The minimum absolute atomic E-state index is 0.0597. The second kappa shape index (κ2) is 5.55. The fourth-order valence-electron chi connectivity index (χ4n) is 1.45. The van der Waals surface area contributed by atoms with Crippen molar-refractivity contribution in [2.75, 3.05) is 0 Å². The van der Waals surface area contributed by atoms with Crippen LogP contribution in [0.1, 0.15) is 11.1 Å². The molecule has 0 aliphatic carbocycles. The Morgan fingerprint density at radius 2 is 2.11 bits per heavy atom. The van der Waals surface area contributed by atoms with Crippen molar-refractivity contribution in [1.29, 1.82) is 0 Å². The fourth-order valence-corrected chi connectivity index (χ4v) is 1.72. The number of benzene rings is 1. The van der Waals surface area contributed by atoms with Gasteiger partial charge in [0.25, 0.3) is 0 Å². The van der Waals surface area contributed by atoms with Gasteiger partial charge in [-0.25, -0.2) is 9.37 Å². The van der Waals surface area contributed by atoms with Crippen LogP contribution < -0.4 is 4.74 Å². The third kappa shape index (κ3) is 2.92. The molecule has 1 aromatic heterocycles. The topological polar surface area (TPSA) is 22.1 Å². The van der Waals surface area contributed by atoms with E-state index in [4.69, 9.17) is 27.9 Å². The zero-order chi connectivity index (χ0) is 13.1. The monoisotopic (exact) mass is 285 g/mol. The van der Waals surface area contributed by atoms with E-state index in [1.807, 2.05) is 13.0 Å². The van der Waals surface area contributed by atoms with Crippen LogP contribution in [0.25, 0.3) is 0 Å². The van der Waals surface area contributed by atoms with E-state index in [0.717, 1.165) is 11.1 Å². The summed E-state index contributed by atoms with van der Waals surface area (Å²) in [6, 6.07) is 6.12. The third-order valence-electron chi connectivity index (χ3n) is 2.35. The smallest absolute Gasteiger partial charge is 0.222 e. The molecular formula is C13H10Cl2FNO. The van der Waals surface area contributed by atoms with Gasteiger partial charge < -0.3 is 4.74 Å². The Morgan fingerprint density at radius 1 is 1.33 bits per heavy atom. The minimum Gasteiger partial charge on any atom is -0.439 e. The molecule has 0 fully saturated rings. The highest BCUT2D eigenvalue weighted by Gasteiger charge is 2.07. The summed E-state index contributed by atoms with van der Waals surface area (Å²) in [5.74, 6) is 0.643. The van der Waals surface area contributed by atoms with Gasteiger partial charge in [0.05, 0.1) is 5.02 Å². The van der Waals surface area contributed by atoms with E-state index in [2.05, 4.69) is 4.98 Å². The lowest BCUT2D eigenvalue weighted by atomic mass is 10.2. The van der Waals surface area contributed by atoms with E-state index in [1.165, 1.54) is 12.1 Å². The number of aromatic nitrogens is 1. The maximum atomic E-state index is 13.3. The number of nitrogens with zero attached hydrogens (tertiary/aromatic N) is 1. The first-order valence-corrected chi connectivity index (χ1v) is 6.16. The summed E-state index contributed by atoms with van der Waals surface area (Å²) in [7, 11) is 0. The molecule has 0 saturated heterocycles. The van der Waals surface area contributed by atoms with Crippen LogP contribution in [0.4, 0.5) is 4.39 Å². The molecule has 0 atom stereocenters. The van der Waals surface area contributed by atoms with Gasteiger partial charge in [-0.1, -0.05) is 11.6 Å². The van der Waals surface area contributed by atoms with Crippen molar-refractivity contribution in [2.45, 2.75) is 12.8 Å². The molecule has 0 aliphatic heterocycles. The maximum Gasteiger partial charge on any atom is 0.222 e. The number of hydrogen-bond acceptors (Lipinski definition) is 2. The van der Waals surface area contributed by atoms with Crippen molar-refractivity contribution in [3.8, 4) is 11.6 Å². The van der Waals surface area contributed by atoms with E-state index in [0.29, 0.717) is 17.5 Å². The lowest BCUT2D eigenvalue weighted by molar-refractivity contribution is 0.454. The molecule has 94 valence electrons. The minimum atomic E-state index is -0.524. The number of alkyl halides is 1. The van der Waals surface area contributed by atoms with Crippen LogP contribution in [0.5, 0.6) is 11.6 Å². The van der Waals surface area contributed by atoms with Gasteiger partial charge in [-0.2, -0.15) is 0 Å². The number of halogens is 3. The Hall–Kier alpha value is -1.32. The van der Waals surface area contributed by atoms with Gasteiger partial charge in [0, 0.05) is 23.7 Å². The van der Waals surface area contributed by atoms with Gasteiger partial charge in [0.1, 0.15) is 11.6 Å². The van der Waals surface area contributed by atoms with Crippen LogP contribution in [-0.4, -0.2) is 4.98 Å². The molecule has 18 heavy (non-hydrogen) atoms. The molecule has 1 aromatic carbocycles. The van der Waals surface area contributed by atoms with Gasteiger partial charge in [-0.15, -0.1) is 11.6 Å². The summed E-state index contributed by atoms with van der Waals surface area (Å²) >= 11 is 11.3. The molecule has 0 N–H and O–H groups in total. The summed E-state index contributed by atoms with van der Waals surface area (Å²) < 4.78 is 18.7. The highest BCUT2D eigenvalue weighted by Crippen LogP contribution is 2.26. The number of hydrogen-bond donors (Lipinski definition) is 0. The molecular weight excluding hydrogens is 276 g/mol. The van der Waals surface area contributed by atoms with Crippen molar-refractivity contribution < 1.29 is 9.13 Å². The van der Waals surface area contributed by atoms with Crippen molar-refractivity contribution in [1.82, 2.24) is 4.98 Å². The molecule has 1 heterocycles. The Bertz CT molecular complexity index is 575. The summed E-state index contributed by atoms with van der Waals surface area (Å²) in [6.45, 7) is 1.85. The Balaban J connectivity index is 2.25. The van der Waals surface area contributed by atoms with Gasteiger partial charge in [-0.3, -0.25) is 0 Å². The van der Waals surface area contributed by atoms with Crippen molar-refractivity contribution in [3.05, 3.63) is 52.4 Å². The predicted molar refractivity (Wildman–Crippen MR) is 70.0 cm³/mol. The van der Waals surface area contributed by atoms with Gasteiger partial charge in [0.15, 0.2) is 0 Å². The number of ether oxygens (including phenoxy) is 1. The molecule has 0 radical (unpaired) electrons. The van der Waals surface area contributed by atoms with Crippen LogP contribution in [0.3, 0.4) is 0 Å². The summed E-state index contributed by atoms with van der Waals surface area (Å²) in [4.78, 5) is 4.13. The van der Waals surface area contributed by atoms with Crippen LogP contribution in [0, 0.1) is 12.7 Å². The lowest BCUT2D eigenvalue weighted by Gasteiger charge is -2.08. The zero-order valence-electron chi connectivity index (χ0n) is 9.58. The third-order valence-corrected chi connectivity index (χ3v) is 2.96. The molecule has 0 spiro atoms. The molecule has 0 amide bonds. The summed E-state index contributed by atoms with van der Waals surface area (Å²) in [5.41, 5.74) is 1.74. The van der Waals surface area contributed by atoms with Gasteiger partial charge in [0.2, 0.25) is 5.88 Å². The number of rotatable bonds is 3. The molecule has 2 aromatic rings. The maximum absolute atomic E-state index is 13.3. The molecule has 0 aliphatic rings. The van der Waals surface area contributed by atoms with Crippen LogP contribution in [-0.2, 0) is 5.88 Å². The van der Waals surface area contributed by atoms with E-state index in [-0.39, 0.29) is 5.02 Å². The van der Waals surface area contributed by atoms with Crippen LogP contribution in [0.15, 0.2) is 30.5 Å². The van der Waals surface area contributed by atoms with Crippen LogP contribution in [0.2, 0.25) is 5.02 Å². The quantitative estimate of drug-likeness (QED) is 0.762. The standard InChI is InChI=1S/C13H10Cl2FNO/c1-8-4-9(6-14)7-17-13(8)18-10-2-3-11(15)12(16)5-10/h2-5,7H,6H2,1H3. The molecule has 0 saturated carbocycles. The molecule has 5 heteroatoms. The highest BCUT2D eigenvalue weighted by atomic mass is 35.5. The highest BCUT2D eigenvalue weighted by molar-refractivity contribution is 6.30. The normalized spacial score (nSPS) is 10.4. The summed E-state index contributed by atoms with van der Waals surface area (Å²) in [5, 5.41) is 0.0597. The van der Waals surface area contributed by atoms with Gasteiger partial charge >= 0.3 is 0 Å². The first-order chi connectivity index (χ1) is 8.60. The first kappa shape index (κ1) is 13.1. The second-order valence-electron chi connectivity index (χ2n) is 3.78. The predicted octanol–water partition coefficient (Wildman–Crippen LogP) is 4.71. The second-order valence-corrected chi connectivity index (χ2v) is 4.45. The summed E-state index contributed by atoms with van der Waals surface area (Å²) in [6.07, 6.45) is 1.63. The lowest BCUT2D eigenvalue weighted by Crippen LogP contribution is -1.93. The van der Waals surface area contributed by atoms with Crippen molar-refractivity contribution >= 4 is 23.2 Å². The number of pyridine rings is 1. The Morgan fingerprint density at radius 3 is 2.72 bits per heavy atom. The van der Waals surface area contributed by atoms with E-state index in [1.54, 1.807) is 12.3 Å². The molecule has 2 rings (SSSR count). The molecule has 0 bridgehead atoms. The van der Waals surface area contributed by atoms with Crippen molar-refractivity contribution in [3.63, 3.8) is 0 Å².